The van der Waals surface area contributed by atoms with Crippen molar-refractivity contribution in [1.29, 1.82) is 0 Å². The number of piperidine rings is 1. The minimum atomic E-state index is -0.366. The molecular weight excluding hydrogens is 354 g/mol. The lowest BCUT2D eigenvalue weighted by molar-refractivity contribution is -0.145. The molecule has 5 rings (SSSR count). The van der Waals surface area contributed by atoms with Crippen molar-refractivity contribution in [1.82, 2.24) is 24.8 Å². The van der Waals surface area contributed by atoms with E-state index in [9.17, 15) is 9.59 Å². The van der Waals surface area contributed by atoms with Crippen LogP contribution in [0.2, 0.25) is 0 Å². The summed E-state index contributed by atoms with van der Waals surface area (Å²) in [4.78, 5) is 41.9. The molecule has 3 aliphatic rings. The van der Waals surface area contributed by atoms with Gasteiger partial charge in [-0.3, -0.25) is 14.6 Å². The minimum absolute atomic E-state index is 0.103. The highest BCUT2D eigenvalue weighted by Crippen LogP contribution is 2.45. The largest absolute Gasteiger partial charge is 0.348 e. The summed E-state index contributed by atoms with van der Waals surface area (Å²) in [5.41, 5.74) is 2.60. The topological polar surface area (TPSA) is 82.2 Å². The van der Waals surface area contributed by atoms with E-state index in [2.05, 4.69) is 19.9 Å². The number of hydrogen-bond donors (Lipinski definition) is 1. The highest BCUT2D eigenvalue weighted by Gasteiger charge is 2.51. The Balaban J connectivity index is 1.35. The number of pyridine rings is 1. The number of likely N-dealkylation sites (tertiary alicyclic amines) is 1. The Hall–Kier alpha value is -2.70. The number of amides is 2. The maximum absolute atomic E-state index is 13.0. The van der Waals surface area contributed by atoms with Crippen LogP contribution in [0.3, 0.4) is 0 Å². The summed E-state index contributed by atoms with van der Waals surface area (Å²) in [5.74, 6) is 0.578. The molecule has 0 atom stereocenters. The van der Waals surface area contributed by atoms with Crippen LogP contribution in [0.25, 0.3) is 0 Å². The molecule has 1 spiro atoms. The van der Waals surface area contributed by atoms with Gasteiger partial charge in [-0.05, 0) is 37.8 Å². The molecule has 146 valence electrons. The van der Waals surface area contributed by atoms with Crippen LogP contribution in [-0.2, 0) is 28.0 Å². The van der Waals surface area contributed by atoms with Gasteiger partial charge in [0.05, 0.1) is 24.0 Å². The van der Waals surface area contributed by atoms with E-state index in [0.717, 1.165) is 55.7 Å². The Morgan fingerprint density at radius 1 is 1.14 bits per heavy atom. The fourth-order valence-corrected chi connectivity index (χ4v) is 4.75. The summed E-state index contributed by atoms with van der Waals surface area (Å²) in [6, 6.07) is 5.65. The van der Waals surface area contributed by atoms with Crippen molar-refractivity contribution in [3.63, 3.8) is 0 Å². The highest BCUT2D eigenvalue weighted by atomic mass is 16.2. The summed E-state index contributed by atoms with van der Waals surface area (Å²) in [7, 11) is 0. The fourth-order valence-electron chi connectivity index (χ4n) is 4.75. The third-order valence-electron chi connectivity index (χ3n) is 6.46. The monoisotopic (exact) mass is 379 g/mol. The predicted octanol–water partition coefficient (Wildman–Crippen LogP) is 1.66. The Kier molecular flexibility index (Phi) is 4.18. The molecule has 2 aromatic heterocycles. The number of imidazole rings is 1. The zero-order valence-electron chi connectivity index (χ0n) is 15.9. The van der Waals surface area contributed by atoms with Gasteiger partial charge >= 0.3 is 0 Å². The number of fused-ring (bicyclic) bond motifs is 2. The Bertz CT molecular complexity index is 881. The number of carbonyl (C=O) groups excluding carboxylic acids is 2. The van der Waals surface area contributed by atoms with Crippen LogP contribution in [-0.4, -0.2) is 56.2 Å². The molecule has 28 heavy (non-hydrogen) atoms. The second kappa shape index (κ2) is 6.72. The summed E-state index contributed by atoms with van der Waals surface area (Å²) in [5, 5.41) is 0. The maximum Gasteiger partial charge on any atom is 0.228 e. The number of nitrogens with zero attached hydrogens (tertiary/aromatic N) is 4. The van der Waals surface area contributed by atoms with Crippen LogP contribution < -0.4 is 0 Å². The second-order valence-corrected chi connectivity index (χ2v) is 8.15. The fraction of sp³-hybridized carbons (Fsp3) is 0.524. The van der Waals surface area contributed by atoms with Crippen LogP contribution >= 0.6 is 0 Å². The Labute approximate surface area is 164 Å². The second-order valence-electron chi connectivity index (χ2n) is 8.15. The van der Waals surface area contributed by atoms with Crippen molar-refractivity contribution in [3.8, 4) is 0 Å². The first-order chi connectivity index (χ1) is 13.7. The average Bonchev–Trinajstić information content (AvgIpc) is 3.46. The van der Waals surface area contributed by atoms with Gasteiger partial charge in [0.1, 0.15) is 0 Å². The number of aromatic nitrogens is 3. The standard InChI is InChI=1S/C21H25N5O2/c27-18(13-16-3-1-2-9-22-16)25-11-7-21(8-12-25)19-17(23-14-24-19)6-10-26(21)20(28)15-4-5-15/h1-3,9,14-15H,4-8,10-13H2,(H,23,24). The molecule has 0 bridgehead atoms. The number of carbonyl (C=O) groups is 2. The third kappa shape index (κ3) is 2.89. The molecule has 2 fully saturated rings. The number of H-pyrrole nitrogens is 1. The zero-order valence-corrected chi connectivity index (χ0v) is 15.9. The Morgan fingerprint density at radius 3 is 2.68 bits per heavy atom. The van der Waals surface area contributed by atoms with Crippen molar-refractivity contribution in [2.75, 3.05) is 19.6 Å². The van der Waals surface area contributed by atoms with E-state index in [1.807, 2.05) is 23.1 Å². The van der Waals surface area contributed by atoms with Crippen molar-refractivity contribution in [3.05, 3.63) is 47.8 Å². The first kappa shape index (κ1) is 17.4. The first-order valence-corrected chi connectivity index (χ1v) is 10.2. The number of rotatable bonds is 3. The van der Waals surface area contributed by atoms with E-state index in [1.165, 1.54) is 0 Å². The molecule has 0 aromatic carbocycles. The molecule has 1 aliphatic carbocycles. The highest BCUT2D eigenvalue weighted by molar-refractivity contribution is 5.82. The molecule has 0 unspecified atom stereocenters. The van der Waals surface area contributed by atoms with Crippen LogP contribution in [0.15, 0.2) is 30.7 Å². The molecule has 7 nitrogen and oxygen atoms in total. The average molecular weight is 379 g/mol. The van der Waals surface area contributed by atoms with Crippen LogP contribution in [0.4, 0.5) is 0 Å². The van der Waals surface area contributed by atoms with Gasteiger partial charge in [-0.15, -0.1) is 0 Å². The summed E-state index contributed by atoms with van der Waals surface area (Å²) < 4.78 is 0. The number of hydrogen-bond acceptors (Lipinski definition) is 4. The van der Waals surface area contributed by atoms with Gasteiger partial charge in [0.2, 0.25) is 11.8 Å². The predicted molar refractivity (Wildman–Crippen MR) is 102 cm³/mol. The molecule has 7 heteroatoms. The molecule has 2 amide bonds. The van der Waals surface area contributed by atoms with Gasteiger partial charge in [-0.1, -0.05) is 6.07 Å². The van der Waals surface area contributed by atoms with Gasteiger partial charge < -0.3 is 14.8 Å². The van der Waals surface area contributed by atoms with E-state index in [0.29, 0.717) is 19.5 Å². The van der Waals surface area contributed by atoms with E-state index in [4.69, 9.17) is 0 Å². The normalized spacial score (nSPS) is 20.9. The van der Waals surface area contributed by atoms with E-state index >= 15 is 0 Å². The molecule has 1 N–H and O–H groups in total. The summed E-state index contributed by atoms with van der Waals surface area (Å²) >= 11 is 0. The van der Waals surface area contributed by atoms with Crippen LogP contribution in [0.5, 0.6) is 0 Å². The van der Waals surface area contributed by atoms with Crippen LogP contribution in [0.1, 0.15) is 42.8 Å². The van der Waals surface area contributed by atoms with Crippen molar-refractivity contribution < 1.29 is 9.59 Å². The van der Waals surface area contributed by atoms with E-state index in [1.54, 1.807) is 12.5 Å². The SMILES string of the molecule is O=C(Cc1ccccn1)N1CCC2(CC1)c1nc[nH]c1CCN2C(=O)C1CC1. The molecular formula is C21H25N5O2. The molecule has 2 aliphatic heterocycles. The first-order valence-electron chi connectivity index (χ1n) is 10.2. The van der Waals surface area contributed by atoms with Gasteiger partial charge in [0.15, 0.2) is 0 Å². The van der Waals surface area contributed by atoms with Gasteiger partial charge in [0, 0.05) is 49.6 Å². The van der Waals surface area contributed by atoms with Gasteiger partial charge in [-0.2, -0.15) is 0 Å². The lowest BCUT2D eigenvalue weighted by Gasteiger charge is -2.50. The van der Waals surface area contributed by atoms with Crippen LogP contribution in [0, 0.1) is 5.92 Å². The van der Waals surface area contributed by atoms with Crippen molar-refractivity contribution in [2.24, 2.45) is 5.92 Å². The summed E-state index contributed by atoms with van der Waals surface area (Å²) in [6.45, 7) is 2.03. The molecule has 4 heterocycles. The molecule has 0 radical (unpaired) electrons. The van der Waals surface area contributed by atoms with Crippen molar-refractivity contribution in [2.45, 2.75) is 44.1 Å². The van der Waals surface area contributed by atoms with E-state index in [-0.39, 0.29) is 23.3 Å². The Morgan fingerprint density at radius 2 is 1.96 bits per heavy atom. The molecule has 1 saturated heterocycles. The molecule has 2 aromatic rings. The lowest BCUT2D eigenvalue weighted by Crippen LogP contribution is -2.59. The maximum atomic E-state index is 13.0. The lowest BCUT2D eigenvalue weighted by atomic mass is 9.78. The zero-order chi connectivity index (χ0) is 19.1. The smallest absolute Gasteiger partial charge is 0.228 e. The summed E-state index contributed by atoms with van der Waals surface area (Å²) in [6.07, 6.45) is 8.13. The minimum Gasteiger partial charge on any atom is -0.348 e. The van der Waals surface area contributed by atoms with Gasteiger partial charge in [0.25, 0.3) is 0 Å². The van der Waals surface area contributed by atoms with E-state index < -0.39 is 0 Å². The number of aromatic amines is 1. The van der Waals surface area contributed by atoms with Gasteiger partial charge in [-0.25, -0.2) is 4.98 Å². The number of nitrogens with one attached hydrogen (secondary N) is 1. The third-order valence-corrected chi connectivity index (χ3v) is 6.46. The quantitative estimate of drug-likeness (QED) is 0.879. The van der Waals surface area contributed by atoms with Crippen molar-refractivity contribution >= 4 is 11.8 Å². The molecule has 1 saturated carbocycles.